The summed E-state index contributed by atoms with van der Waals surface area (Å²) in [4.78, 5) is 6.01. The van der Waals surface area contributed by atoms with Gasteiger partial charge in [0.2, 0.25) is 0 Å². The summed E-state index contributed by atoms with van der Waals surface area (Å²) in [6.07, 6.45) is -4.38. The van der Waals surface area contributed by atoms with Gasteiger partial charge in [0, 0.05) is 7.11 Å². The number of nitrogens with one attached hydrogen (secondary N) is 1. The predicted octanol–water partition coefficient (Wildman–Crippen LogP) is 5.52. The molecule has 1 aliphatic rings. The van der Waals surface area contributed by atoms with Crippen LogP contribution >= 0.6 is 0 Å². The SMILES string of the molecule is CO[C@H]1OC([C@@H](CO)ONc2ccccc2)[C@@H](OCc2ccccc2)C(OCc2ccccc2)C1OCc1ccccc1. The van der Waals surface area contributed by atoms with Gasteiger partial charge in [-0.2, -0.15) is 0 Å². The second-order valence-corrected chi connectivity index (χ2v) is 10.3. The summed E-state index contributed by atoms with van der Waals surface area (Å²) in [5.74, 6) is 0. The number of hydrogen-bond acceptors (Lipinski definition) is 8. The first kappa shape index (κ1) is 30.8. The number of aliphatic hydroxyl groups excluding tert-OH is 1. The molecule has 6 atom stereocenters. The molecule has 2 N–H and O–H groups in total. The summed E-state index contributed by atoms with van der Waals surface area (Å²) >= 11 is 0. The van der Waals surface area contributed by atoms with E-state index in [0.29, 0.717) is 19.8 Å². The first-order valence-electron chi connectivity index (χ1n) is 14.5. The van der Waals surface area contributed by atoms with E-state index in [-0.39, 0.29) is 6.61 Å². The van der Waals surface area contributed by atoms with Crippen molar-refractivity contribution < 1.29 is 33.6 Å². The zero-order valence-corrected chi connectivity index (χ0v) is 24.2. The fourth-order valence-corrected chi connectivity index (χ4v) is 5.04. The van der Waals surface area contributed by atoms with Crippen LogP contribution in [0.15, 0.2) is 121 Å². The lowest BCUT2D eigenvalue weighted by Crippen LogP contribution is -2.64. The van der Waals surface area contributed by atoms with E-state index in [1.807, 2.05) is 121 Å². The van der Waals surface area contributed by atoms with Crippen molar-refractivity contribution in [3.05, 3.63) is 138 Å². The Morgan fingerprint density at radius 3 is 1.53 bits per heavy atom. The maximum absolute atomic E-state index is 10.5. The van der Waals surface area contributed by atoms with Crippen molar-refractivity contribution in [1.82, 2.24) is 0 Å². The third-order valence-electron chi connectivity index (χ3n) is 7.27. The largest absolute Gasteiger partial charge is 0.393 e. The van der Waals surface area contributed by atoms with Gasteiger partial charge in [0.1, 0.15) is 30.5 Å². The molecule has 1 aliphatic heterocycles. The molecule has 8 heteroatoms. The van der Waals surface area contributed by atoms with Crippen LogP contribution in [0.2, 0.25) is 0 Å². The maximum Gasteiger partial charge on any atom is 0.186 e. The monoisotopic (exact) mass is 585 g/mol. The molecule has 0 aromatic heterocycles. The highest BCUT2D eigenvalue weighted by atomic mass is 16.7. The van der Waals surface area contributed by atoms with Crippen LogP contribution in [0.3, 0.4) is 0 Å². The zero-order chi connectivity index (χ0) is 29.7. The average molecular weight is 586 g/mol. The minimum Gasteiger partial charge on any atom is -0.393 e. The molecule has 0 amide bonds. The third kappa shape index (κ3) is 8.72. The van der Waals surface area contributed by atoms with Crippen molar-refractivity contribution in [2.45, 2.75) is 56.6 Å². The standard InChI is InChI=1S/C35H39NO7/c1-38-35-34(41-25-28-18-10-4-11-19-28)33(40-24-27-16-8-3-9-17-27)32(39-23-26-14-6-2-7-15-26)31(42-35)30(22-37)43-36-29-20-12-5-13-21-29/h2-21,30-37H,22-25H2,1H3/t30-,31?,32-,33?,34?,35+/m1/s1. The molecule has 0 spiro atoms. The molecule has 3 unspecified atom stereocenters. The molecule has 1 saturated heterocycles. The molecule has 0 saturated carbocycles. The topological polar surface area (TPSA) is 87.6 Å². The van der Waals surface area contributed by atoms with Gasteiger partial charge < -0.3 is 28.8 Å². The van der Waals surface area contributed by atoms with Crippen LogP contribution in [0.4, 0.5) is 5.69 Å². The number of ether oxygens (including phenoxy) is 5. The van der Waals surface area contributed by atoms with Crippen LogP contribution in [-0.2, 0) is 48.3 Å². The Kier molecular flexibility index (Phi) is 11.7. The third-order valence-corrected chi connectivity index (χ3v) is 7.27. The molecule has 8 nitrogen and oxygen atoms in total. The predicted molar refractivity (Wildman–Crippen MR) is 163 cm³/mol. The summed E-state index contributed by atoms with van der Waals surface area (Å²) in [7, 11) is 1.57. The summed E-state index contributed by atoms with van der Waals surface area (Å²) in [6, 6.07) is 39.2. The molecule has 43 heavy (non-hydrogen) atoms. The molecular formula is C35H39NO7. The van der Waals surface area contributed by atoms with Gasteiger partial charge in [-0.15, -0.1) is 0 Å². The van der Waals surface area contributed by atoms with Crippen LogP contribution in [0.1, 0.15) is 16.7 Å². The van der Waals surface area contributed by atoms with Crippen molar-refractivity contribution in [2.24, 2.45) is 0 Å². The Balaban J connectivity index is 1.44. The molecule has 1 heterocycles. The van der Waals surface area contributed by atoms with E-state index >= 15 is 0 Å². The Bertz CT molecular complexity index is 1310. The Morgan fingerprint density at radius 2 is 1.07 bits per heavy atom. The van der Waals surface area contributed by atoms with E-state index in [1.165, 1.54) is 0 Å². The van der Waals surface area contributed by atoms with Gasteiger partial charge in [-0.3, -0.25) is 10.3 Å². The fraction of sp³-hybridized carbons (Fsp3) is 0.314. The van der Waals surface area contributed by atoms with Gasteiger partial charge >= 0.3 is 0 Å². The van der Waals surface area contributed by atoms with Crippen molar-refractivity contribution in [3.8, 4) is 0 Å². The molecular weight excluding hydrogens is 546 g/mol. The molecule has 4 aromatic carbocycles. The summed E-state index contributed by atoms with van der Waals surface area (Å²) in [5.41, 5.74) is 6.68. The fourth-order valence-electron chi connectivity index (χ4n) is 5.04. The van der Waals surface area contributed by atoms with Crippen LogP contribution in [-0.4, -0.2) is 55.6 Å². The van der Waals surface area contributed by atoms with Crippen molar-refractivity contribution in [1.29, 1.82) is 0 Å². The summed E-state index contributed by atoms with van der Waals surface area (Å²) in [5, 5.41) is 10.5. The minimum absolute atomic E-state index is 0.296. The summed E-state index contributed by atoms with van der Waals surface area (Å²) in [6.45, 7) is 0.598. The number of para-hydroxylation sites is 1. The Morgan fingerprint density at radius 1 is 0.628 bits per heavy atom. The van der Waals surface area contributed by atoms with Crippen LogP contribution in [0.5, 0.6) is 0 Å². The molecule has 1 fully saturated rings. The van der Waals surface area contributed by atoms with Gasteiger partial charge in [-0.25, -0.2) is 0 Å². The second-order valence-electron chi connectivity index (χ2n) is 10.3. The molecule has 5 rings (SSSR count). The Hall–Kier alpha value is -3.60. The van der Waals surface area contributed by atoms with E-state index in [9.17, 15) is 5.11 Å². The van der Waals surface area contributed by atoms with E-state index in [0.717, 1.165) is 22.4 Å². The van der Waals surface area contributed by atoms with Crippen LogP contribution in [0, 0.1) is 0 Å². The molecule has 0 aliphatic carbocycles. The maximum atomic E-state index is 10.5. The lowest BCUT2D eigenvalue weighted by atomic mass is 9.94. The number of rotatable bonds is 15. The van der Waals surface area contributed by atoms with Gasteiger partial charge in [0.15, 0.2) is 6.29 Å². The van der Waals surface area contributed by atoms with Gasteiger partial charge in [-0.1, -0.05) is 109 Å². The first-order chi connectivity index (χ1) is 21.2. The van der Waals surface area contributed by atoms with Gasteiger partial charge in [-0.05, 0) is 28.8 Å². The average Bonchev–Trinajstić information content (AvgIpc) is 3.07. The lowest BCUT2D eigenvalue weighted by molar-refractivity contribution is -0.332. The Labute approximate surface area is 253 Å². The normalized spacial score (nSPS) is 22.6. The van der Waals surface area contributed by atoms with Crippen LogP contribution in [0.25, 0.3) is 0 Å². The van der Waals surface area contributed by atoms with Crippen molar-refractivity contribution in [2.75, 3.05) is 19.2 Å². The van der Waals surface area contributed by atoms with E-state index in [2.05, 4.69) is 5.48 Å². The van der Waals surface area contributed by atoms with E-state index in [1.54, 1.807) is 7.11 Å². The van der Waals surface area contributed by atoms with Gasteiger partial charge in [0.25, 0.3) is 0 Å². The van der Waals surface area contributed by atoms with E-state index < -0.39 is 36.8 Å². The number of hydrogen-bond donors (Lipinski definition) is 2. The first-order valence-corrected chi connectivity index (χ1v) is 14.5. The number of aliphatic hydroxyl groups is 1. The number of anilines is 1. The quantitative estimate of drug-likeness (QED) is 0.177. The molecule has 226 valence electrons. The van der Waals surface area contributed by atoms with Crippen molar-refractivity contribution in [3.63, 3.8) is 0 Å². The highest BCUT2D eigenvalue weighted by molar-refractivity contribution is 5.40. The molecule has 0 radical (unpaired) electrons. The summed E-state index contributed by atoms with van der Waals surface area (Å²) < 4.78 is 32.0. The number of methoxy groups -OCH3 is 1. The van der Waals surface area contributed by atoms with E-state index in [4.69, 9.17) is 28.5 Å². The minimum atomic E-state index is -0.823. The highest BCUT2D eigenvalue weighted by Gasteiger charge is 2.51. The molecule has 0 bridgehead atoms. The lowest BCUT2D eigenvalue weighted by Gasteiger charge is -2.47. The second kappa shape index (κ2) is 16.3. The van der Waals surface area contributed by atoms with Crippen molar-refractivity contribution >= 4 is 5.69 Å². The smallest absolute Gasteiger partial charge is 0.186 e. The highest BCUT2D eigenvalue weighted by Crippen LogP contribution is 2.33. The zero-order valence-electron chi connectivity index (χ0n) is 24.2. The molecule has 4 aromatic rings. The number of benzene rings is 4. The van der Waals surface area contributed by atoms with Gasteiger partial charge in [0.05, 0.1) is 32.1 Å². The van der Waals surface area contributed by atoms with Crippen LogP contribution < -0.4 is 5.48 Å².